The van der Waals surface area contributed by atoms with E-state index in [1.54, 1.807) is 24.5 Å². The van der Waals surface area contributed by atoms with E-state index in [1.165, 1.54) is 6.20 Å². The van der Waals surface area contributed by atoms with Gasteiger partial charge in [-0.15, -0.1) is 0 Å². The molecule has 64 valence electrons. The van der Waals surface area contributed by atoms with Gasteiger partial charge in [0.15, 0.2) is 5.82 Å². The summed E-state index contributed by atoms with van der Waals surface area (Å²) in [5.74, 6) is 0.408. The van der Waals surface area contributed by atoms with Crippen LogP contribution in [0.3, 0.4) is 0 Å². The van der Waals surface area contributed by atoms with Gasteiger partial charge in [-0.2, -0.15) is 5.10 Å². The summed E-state index contributed by atoms with van der Waals surface area (Å²) < 4.78 is 0. The minimum Gasteiger partial charge on any atom is -0.267 e. The van der Waals surface area contributed by atoms with Crippen LogP contribution < -0.4 is 5.56 Å². The molecule has 0 aliphatic carbocycles. The number of nitrogens with zero attached hydrogens (tertiary/aromatic N) is 3. The van der Waals surface area contributed by atoms with Crippen LogP contribution in [0.5, 0.6) is 0 Å². The molecule has 5 nitrogen and oxygen atoms in total. The van der Waals surface area contributed by atoms with Crippen LogP contribution in [-0.4, -0.2) is 20.2 Å². The second kappa shape index (κ2) is 3.14. The van der Waals surface area contributed by atoms with E-state index in [9.17, 15) is 4.79 Å². The third-order valence-corrected chi connectivity index (χ3v) is 1.53. The molecule has 0 spiro atoms. The van der Waals surface area contributed by atoms with Gasteiger partial charge in [-0.25, -0.2) is 15.1 Å². The first kappa shape index (κ1) is 7.60. The smallest absolute Gasteiger partial charge is 0.267 e. The molecule has 0 unspecified atom stereocenters. The number of aromatic amines is 1. The standard InChI is InChI=1S/C8H6N4O/c13-8-6(2-5-11-12-8)7-9-3-1-4-10-7/h1-5H,(H,12,13). The van der Waals surface area contributed by atoms with E-state index in [0.717, 1.165) is 0 Å². The van der Waals surface area contributed by atoms with Crippen LogP contribution >= 0.6 is 0 Å². The molecular formula is C8H6N4O. The Balaban J connectivity index is 2.60. The summed E-state index contributed by atoms with van der Waals surface area (Å²) in [6, 6.07) is 3.27. The average molecular weight is 174 g/mol. The van der Waals surface area contributed by atoms with Crippen LogP contribution in [-0.2, 0) is 0 Å². The molecule has 0 atom stereocenters. The van der Waals surface area contributed by atoms with Crippen molar-refractivity contribution in [3.63, 3.8) is 0 Å². The zero-order chi connectivity index (χ0) is 9.10. The molecule has 2 heterocycles. The summed E-state index contributed by atoms with van der Waals surface area (Å²) in [5, 5.41) is 5.89. The van der Waals surface area contributed by atoms with Crippen molar-refractivity contribution < 1.29 is 0 Å². The van der Waals surface area contributed by atoms with E-state index in [2.05, 4.69) is 20.2 Å². The summed E-state index contributed by atoms with van der Waals surface area (Å²) in [5.41, 5.74) is 0.143. The first-order valence-electron chi connectivity index (χ1n) is 3.69. The summed E-state index contributed by atoms with van der Waals surface area (Å²) in [7, 11) is 0. The molecule has 0 aliphatic rings. The summed E-state index contributed by atoms with van der Waals surface area (Å²) in [4.78, 5) is 19.1. The van der Waals surface area contributed by atoms with Gasteiger partial charge in [0.2, 0.25) is 0 Å². The molecule has 2 aromatic rings. The average Bonchev–Trinajstić information content (AvgIpc) is 2.20. The molecule has 2 rings (SSSR count). The number of H-pyrrole nitrogens is 1. The lowest BCUT2D eigenvalue weighted by molar-refractivity contribution is 0.983. The fourth-order valence-corrected chi connectivity index (χ4v) is 0.958. The van der Waals surface area contributed by atoms with Crippen LogP contribution in [0.15, 0.2) is 35.5 Å². The van der Waals surface area contributed by atoms with Gasteiger partial charge >= 0.3 is 0 Å². The molecule has 0 bridgehead atoms. The van der Waals surface area contributed by atoms with Crippen molar-refractivity contribution in [2.24, 2.45) is 0 Å². The molecule has 5 heteroatoms. The Morgan fingerprint density at radius 1 is 1.15 bits per heavy atom. The predicted octanol–water partition coefficient (Wildman–Crippen LogP) is 0.227. The van der Waals surface area contributed by atoms with Crippen molar-refractivity contribution in [2.75, 3.05) is 0 Å². The Labute approximate surface area is 73.5 Å². The first-order valence-corrected chi connectivity index (χ1v) is 3.69. The van der Waals surface area contributed by atoms with E-state index in [-0.39, 0.29) is 5.56 Å². The van der Waals surface area contributed by atoms with E-state index in [4.69, 9.17) is 0 Å². The van der Waals surface area contributed by atoms with E-state index in [1.807, 2.05) is 0 Å². The Kier molecular flexibility index (Phi) is 1.84. The van der Waals surface area contributed by atoms with Crippen molar-refractivity contribution in [1.29, 1.82) is 0 Å². The fraction of sp³-hybridized carbons (Fsp3) is 0. The summed E-state index contributed by atoms with van der Waals surface area (Å²) in [6.07, 6.45) is 4.66. The van der Waals surface area contributed by atoms with E-state index in [0.29, 0.717) is 11.4 Å². The van der Waals surface area contributed by atoms with E-state index >= 15 is 0 Å². The fourth-order valence-electron chi connectivity index (χ4n) is 0.958. The van der Waals surface area contributed by atoms with Gasteiger partial charge in [-0.05, 0) is 12.1 Å². The molecule has 1 N–H and O–H groups in total. The van der Waals surface area contributed by atoms with E-state index < -0.39 is 0 Å². The number of hydrogen-bond donors (Lipinski definition) is 1. The topological polar surface area (TPSA) is 71.5 Å². The molecule has 0 saturated heterocycles. The lowest BCUT2D eigenvalue weighted by Crippen LogP contribution is -2.10. The minimum absolute atomic E-state index is 0.284. The molecule has 0 aliphatic heterocycles. The first-order chi connectivity index (χ1) is 6.38. The molecule has 2 aromatic heterocycles. The Hall–Kier alpha value is -2.04. The second-order valence-electron chi connectivity index (χ2n) is 2.37. The number of hydrogen-bond acceptors (Lipinski definition) is 4. The van der Waals surface area contributed by atoms with Crippen molar-refractivity contribution >= 4 is 0 Å². The van der Waals surface area contributed by atoms with Crippen molar-refractivity contribution in [1.82, 2.24) is 20.2 Å². The van der Waals surface area contributed by atoms with Gasteiger partial charge in [0.25, 0.3) is 5.56 Å². The maximum Gasteiger partial charge on any atom is 0.275 e. The zero-order valence-electron chi connectivity index (χ0n) is 6.64. The second-order valence-corrected chi connectivity index (χ2v) is 2.37. The molecule has 0 saturated carbocycles. The molecular weight excluding hydrogens is 168 g/mol. The summed E-state index contributed by atoms with van der Waals surface area (Å²) in [6.45, 7) is 0. The highest BCUT2D eigenvalue weighted by Crippen LogP contribution is 2.04. The van der Waals surface area contributed by atoms with Crippen LogP contribution in [0, 0.1) is 0 Å². The van der Waals surface area contributed by atoms with Crippen molar-refractivity contribution in [2.45, 2.75) is 0 Å². The predicted molar refractivity (Wildman–Crippen MR) is 45.9 cm³/mol. The van der Waals surface area contributed by atoms with Crippen LogP contribution in [0.25, 0.3) is 11.4 Å². The van der Waals surface area contributed by atoms with Gasteiger partial charge in [0.05, 0.1) is 5.56 Å². The number of aromatic nitrogens is 4. The van der Waals surface area contributed by atoms with Gasteiger partial charge in [0.1, 0.15) is 0 Å². The highest BCUT2D eigenvalue weighted by molar-refractivity contribution is 5.51. The highest BCUT2D eigenvalue weighted by atomic mass is 16.1. The van der Waals surface area contributed by atoms with Gasteiger partial charge in [-0.3, -0.25) is 4.79 Å². The minimum atomic E-state index is -0.284. The third-order valence-electron chi connectivity index (χ3n) is 1.53. The molecule has 13 heavy (non-hydrogen) atoms. The van der Waals surface area contributed by atoms with Crippen LogP contribution in [0.2, 0.25) is 0 Å². The molecule has 0 fully saturated rings. The van der Waals surface area contributed by atoms with Gasteiger partial charge < -0.3 is 0 Å². The van der Waals surface area contributed by atoms with Gasteiger partial charge in [0, 0.05) is 18.6 Å². The maximum absolute atomic E-state index is 11.2. The SMILES string of the molecule is O=c1[nH]nccc1-c1ncccn1. The monoisotopic (exact) mass is 174 g/mol. The number of nitrogens with one attached hydrogen (secondary N) is 1. The highest BCUT2D eigenvalue weighted by Gasteiger charge is 2.03. The zero-order valence-corrected chi connectivity index (χ0v) is 6.64. The molecule has 0 radical (unpaired) electrons. The summed E-state index contributed by atoms with van der Waals surface area (Å²) >= 11 is 0. The number of rotatable bonds is 1. The Bertz CT molecular complexity index is 451. The molecule has 0 aromatic carbocycles. The van der Waals surface area contributed by atoms with Crippen molar-refractivity contribution in [3.05, 3.63) is 41.1 Å². The maximum atomic E-state index is 11.2. The Morgan fingerprint density at radius 2 is 1.92 bits per heavy atom. The largest absolute Gasteiger partial charge is 0.275 e. The van der Waals surface area contributed by atoms with Crippen LogP contribution in [0.4, 0.5) is 0 Å². The van der Waals surface area contributed by atoms with Gasteiger partial charge in [-0.1, -0.05) is 0 Å². The lowest BCUT2D eigenvalue weighted by Gasteiger charge is -1.94. The lowest BCUT2D eigenvalue weighted by atomic mass is 10.3. The van der Waals surface area contributed by atoms with Crippen LogP contribution in [0.1, 0.15) is 0 Å². The normalized spacial score (nSPS) is 9.85. The van der Waals surface area contributed by atoms with Crippen molar-refractivity contribution in [3.8, 4) is 11.4 Å². The molecule has 0 amide bonds. The quantitative estimate of drug-likeness (QED) is 0.671. The Morgan fingerprint density at radius 3 is 2.62 bits per heavy atom. The third kappa shape index (κ3) is 1.44.